The second kappa shape index (κ2) is 11.7. The number of hydrogen-bond acceptors (Lipinski definition) is 5. The zero-order valence-corrected chi connectivity index (χ0v) is 16.4. The third-order valence-corrected chi connectivity index (χ3v) is 3.72. The Hall–Kier alpha value is -2.89. The topological polar surface area (TPSA) is 72.9 Å². The Morgan fingerprint density at radius 3 is 2.04 bits per heavy atom. The van der Waals surface area contributed by atoms with Crippen molar-refractivity contribution in [2.45, 2.75) is 34.2 Å². The first-order valence-corrected chi connectivity index (χ1v) is 8.93. The van der Waals surface area contributed by atoms with Gasteiger partial charge in [-0.15, -0.1) is 0 Å². The molecule has 0 radical (unpaired) electrons. The van der Waals surface area contributed by atoms with E-state index in [0.29, 0.717) is 13.1 Å². The van der Waals surface area contributed by atoms with E-state index in [1.54, 1.807) is 18.7 Å². The number of carbonyl (C=O) groups excluding carboxylic acids is 3. The maximum absolute atomic E-state index is 12.8. The van der Waals surface area contributed by atoms with Crippen LogP contribution in [-0.2, 0) is 30.4 Å². The summed E-state index contributed by atoms with van der Waals surface area (Å²) in [6.07, 6.45) is 2.91. The van der Waals surface area contributed by atoms with E-state index in [9.17, 15) is 14.4 Å². The predicted molar refractivity (Wildman–Crippen MR) is 103 cm³/mol. The van der Waals surface area contributed by atoms with E-state index >= 15 is 0 Å². The average Bonchev–Trinajstić information content (AvgIpc) is 2.66. The van der Waals surface area contributed by atoms with Gasteiger partial charge in [-0.1, -0.05) is 42.0 Å². The molecule has 1 aromatic carbocycles. The molecule has 146 valence electrons. The highest BCUT2D eigenvalue weighted by molar-refractivity contribution is 6.17. The SMILES string of the molecule is C/C=C(/C)CN(Cc1ccccc1)C(=O)C=C(C(=O)OCC)C(=O)OCC. The Balaban J connectivity index is 3.16. The molecular weight excluding hydrogens is 346 g/mol. The molecular formula is C21H27NO5. The van der Waals surface area contributed by atoms with Crippen molar-refractivity contribution in [2.24, 2.45) is 0 Å². The molecule has 0 unspecified atom stereocenters. The van der Waals surface area contributed by atoms with E-state index in [2.05, 4.69) is 0 Å². The van der Waals surface area contributed by atoms with E-state index in [1.807, 2.05) is 50.3 Å². The Bertz CT molecular complexity index is 687. The van der Waals surface area contributed by atoms with Gasteiger partial charge >= 0.3 is 11.9 Å². The fourth-order valence-electron chi connectivity index (χ4n) is 2.24. The largest absolute Gasteiger partial charge is 0.462 e. The van der Waals surface area contributed by atoms with Gasteiger partial charge in [0.15, 0.2) is 0 Å². The van der Waals surface area contributed by atoms with Gasteiger partial charge < -0.3 is 14.4 Å². The van der Waals surface area contributed by atoms with Crippen LogP contribution in [0.5, 0.6) is 0 Å². The predicted octanol–water partition coefficient (Wildman–Crippen LogP) is 3.03. The lowest BCUT2D eigenvalue weighted by atomic mass is 10.1. The summed E-state index contributed by atoms with van der Waals surface area (Å²) in [5.41, 5.74) is 1.53. The van der Waals surface area contributed by atoms with Crippen molar-refractivity contribution in [1.82, 2.24) is 4.90 Å². The summed E-state index contributed by atoms with van der Waals surface area (Å²) < 4.78 is 9.76. The minimum atomic E-state index is -0.869. The number of ether oxygens (including phenoxy) is 2. The zero-order valence-electron chi connectivity index (χ0n) is 16.4. The summed E-state index contributed by atoms with van der Waals surface area (Å²) >= 11 is 0. The second-order valence-corrected chi connectivity index (χ2v) is 5.81. The molecule has 0 fully saturated rings. The van der Waals surface area contributed by atoms with Gasteiger partial charge in [-0.25, -0.2) is 9.59 Å². The van der Waals surface area contributed by atoms with Crippen molar-refractivity contribution in [3.63, 3.8) is 0 Å². The smallest absolute Gasteiger partial charge is 0.345 e. The molecule has 6 heteroatoms. The summed E-state index contributed by atoms with van der Waals surface area (Å²) in [4.78, 5) is 38.6. The molecule has 0 N–H and O–H groups in total. The first kappa shape index (κ1) is 22.2. The van der Waals surface area contributed by atoms with Crippen molar-refractivity contribution in [3.05, 3.63) is 59.2 Å². The number of nitrogens with zero attached hydrogens (tertiary/aromatic N) is 1. The zero-order chi connectivity index (χ0) is 20.2. The van der Waals surface area contributed by atoms with Crippen LogP contribution in [0, 0.1) is 0 Å². The molecule has 0 aliphatic heterocycles. The molecule has 0 aromatic heterocycles. The van der Waals surface area contributed by atoms with Crippen LogP contribution in [-0.4, -0.2) is 42.5 Å². The van der Waals surface area contributed by atoms with Gasteiger partial charge in [-0.3, -0.25) is 4.79 Å². The van der Waals surface area contributed by atoms with E-state index < -0.39 is 23.4 Å². The van der Waals surface area contributed by atoms with Crippen LogP contribution in [0.15, 0.2) is 53.6 Å². The number of rotatable bonds is 9. The lowest BCUT2D eigenvalue weighted by molar-refractivity contribution is -0.147. The molecule has 6 nitrogen and oxygen atoms in total. The summed E-state index contributed by atoms with van der Waals surface area (Å²) in [6, 6.07) is 9.49. The number of carbonyl (C=O) groups is 3. The first-order valence-electron chi connectivity index (χ1n) is 8.93. The highest BCUT2D eigenvalue weighted by atomic mass is 16.6. The van der Waals surface area contributed by atoms with Crippen molar-refractivity contribution in [3.8, 4) is 0 Å². The molecule has 0 spiro atoms. The van der Waals surface area contributed by atoms with Crippen LogP contribution in [0.25, 0.3) is 0 Å². The van der Waals surface area contributed by atoms with Gasteiger partial charge in [0.25, 0.3) is 0 Å². The van der Waals surface area contributed by atoms with Crippen LogP contribution in [0.1, 0.15) is 33.3 Å². The lowest BCUT2D eigenvalue weighted by Gasteiger charge is -2.22. The molecule has 0 atom stereocenters. The van der Waals surface area contributed by atoms with Crippen LogP contribution in [0.4, 0.5) is 0 Å². The Kier molecular flexibility index (Phi) is 9.58. The summed E-state index contributed by atoms with van der Waals surface area (Å²) in [7, 11) is 0. The van der Waals surface area contributed by atoms with Crippen molar-refractivity contribution in [2.75, 3.05) is 19.8 Å². The minimum absolute atomic E-state index is 0.0924. The molecule has 0 bridgehead atoms. The minimum Gasteiger partial charge on any atom is -0.462 e. The molecule has 27 heavy (non-hydrogen) atoms. The number of hydrogen-bond donors (Lipinski definition) is 0. The lowest BCUT2D eigenvalue weighted by Crippen LogP contribution is -2.32. The third-order valence-electron chi connectivity index (χ3n) is 3.72. The van der Waals surface area contributed by atoms with Gasteiger partial charge in [0.05, 0.1) is 13.2 Å². The Labute approximate surface area is 160 Å². The number of esters is 2. The normalized spacial score (nSPS) is 10.7. The van der Waals surface area contributed by atoms with Crippen molar-refractivity contribution < 1.29 is 23.9 Å². The summed E-state index contributed by atoms with van der Waals surface area (Å²) in [5.74, 6) is -2.20. The highest BCUT2D eigenvalue weighted by Crippen LogP contribution is 2.11. The van der Waals surface area contributed by atoms with E-state index in [4.69, 9.17) is 9.47 Å². The molecule has 1 amide bonds. The molecule has 0 aliphatic carbocycles. The standard InChI is InChI=1S/C21H27NO5/c1-5-16(4)14-22(15-17-11-9-8-10-12-17)19(23)13-18(20(24)26-6-2)21(25)27-7-3/h5,8-13H,6-7,14-15H2,1-4H3/b16-5-. The number of amides is 1. The van der Waals surface area contributed by atoms with Gasteiger partial charge in [0.1, 0.15) is 5.57 Å². The summed E-state index contributed by atoms with van der Waals surface area (Å²) in [6.45, 7) is 7.95. The molecule has 1 rings (SSSR count). The second-order valence-electron chi connectivity index (χ2n) is 5.81. The van der Waals surface area contributed by atoms with Crippen molar-refractivity contribution in [1.29, 1.82) is 0 Å². The van der Waals surface area contributed by atoms with Crippen LogP contribution in [0.2, 0.25) is 0 Å². The Morgan fingerprint density at radius 2 is 1.56 bits per heavy atom. The van der Waals surface area contributed by atoms with Crippen LogP contribution < -0.4 is 0 Å². The van der Waals surface area contributed by atoms with Crippen molar-refractivity contribution >= 4 is 17.8 Å². The maximum Gasteiger partial charge on any atom is 0.345 e. The fraction of sp³-hybridized carbons (Fsp3) is 0.381. The van der Waals surface area contributed by atoms with Gasteiger partial charge in [0.2, 0.25) is 5.91 Å². The van der Waals surface area contributed by atoms with Gasteiger partial charge in [-0.05, 0) is 33.3 Å². The van der Waals surface area contributed by atoms with Crippen LogP contribution in [0.3, 0.4) is 0 Å². The van der Waals surface area contributed by atoms with Gasteiger partial charge in [0, 0.05) is 19.2 Å². The fourth-order valence-corrected chi connectivity index (χ4v) is 2.24. The Morgan fingerprint density at radius 1 is 1.00 bits per heavy atom. The van der Waals surface area contributed by atoms with Crippen LogP contribution >= 0.6 is 0 Å². The molecule has 0 heterocycles. The molecule has 0 saturated heterocycles. The number of allylic oxidation sites excluding steroid dienone is 1. The number of benzene rings is 1. The van der Waals surface area contributed by atoms with Gasteiger partial charge in [-0.2, -0.15) is 0 Å². The third kappa shape index (κ3) is 7.48. The first-order chi connectivity index (χ1) is 12.9. The maximum atomic E-state index is 12.8. The molecule has 0 aliphatic rings. The average molecular weight is 373 g/mol. The molecule has 0 saturated carbocycles. The molecule has 1 aromatic rings. The van der Waals surface area contributed by atoms with E-state index in [-0.39, 0.29) is 13.2 Å². The van der Waals surface area contributed by atoms with E-state index in [0.717, 1.165) is 17.2 Å². The monoisotopic (exact) mass is 373 g/mol. The summed E-state index contributed by atoms with van der Waals surface area (Å²) in [5, 5.41) is 0. The van der Waals surface area contributed by atoms with E-state index in [1.165, 1.54) is 0 Å². The quantitative estimate of drug-likeness (QED) is 0.219. The highest BCUT2D eigenvalue weighted by Gasteiger charge is 2.24.